The number of Topliss-reactive ketones (excluding diaryl/α,β-unsaturated/α-hetero) is 1. The number of ether oxygens (including phenoxy) is 2. The molecule has 0 bridgehead atoms. The summed E-state index contributed by atoms with van der Waals surface area (Å²) < 4.78 is 10.7. The van der Waals surface area contributed by atoms with Gasteiger partial charge in [-0.25, -0.2) is 0 Å². The Morgan fingerprint density at radius 3 is 2.72 bits per heavy atom. The smallest absolute Gasteiger partial charge is 0.238 e. The zero-order chi connectivity index (χ0) is 17.8. The Morgan fingerprint density at radius 1 is 1.12 bits per heavy atom. The molecule has 0 radical (unpaired) electrons. The number of rotatable bonds is 6. The molecule has 0 atom stereocenters. The third-order valence-corrected chi connectivity index (χ3v) is 3.86. The normalized spacial score (nSPS) is 12.3. The molecule has 3 rings (SSSR count). The van der Waals surface area contributed by atoms with E-state index >= 15 is 0 Å². The maximum absolute atomic E-state index is 12.2. The largest absolute Gasteiger partial charge is 0.454 e. The van der Waals surface area contributed by atoms with E-state index in [0.29, 0.717) is 17.8 Å². The van der Waals surface area contributed by atoms with Gasteiger partial charge in [-0.05, 0) is 43.8 Å². The van der Waals surface area contributed by atoms with Crippen LogP contribution >= 0.6 is 0 Å². The summed E-state index contributed by atoms with van der Waals surface area (Å²) in [4.78, 5) is 25.5. The molecule has 0 aromatic heterocycles. The number of amides is 1. The first-order chi connectivity index (χ1) is 12.0. The van der Waals surface area contributed by atoms with Gasteiger partial charge in [0, 0.05) is 17.8 Å². The van der Waals surface area contributed by atoms with E-state index < -0.39 is 0 Å². The molecule has 0 saturated carbocycles. The van der Waals surface area contributed by atoms with Gasteiger partial charge in [0.05, 0.1) is 6.54 Å². The monoisotopic (exact) mass is 340 g/mol. The van der Waals surface area contributed by atoms with Crippen LogP contribution in [-0.2, 0) is 11.3 Å². The van der Waals surface area contributed by atoms with Crippen molar-refractivity contribution in [2.45, 2.75) is 13.5 Å². The van der Waals surface area contributed by atoms with Crippen LogP contribution in [0.3, 0.4) is 0 Å². The summed E-state index contributed by atoms with van der Waals surface area (Å²) in [5.74, 6) is 1.31. The second-order valence-corrected chi connectivity index (χ2v) is 6.05. The van der Waals surface area contributed by atoms with E-state index in [2.05, 4.69) is 5.32 Å². The van der Waals surface area contributed by atoms with Gasteiger partial charge < -0.3 is 14.8 Å². The predicted molar refractivity (Wildman–Crippen MR) is 94.0 cm³/mol. The zero-order valence-electron chi connectivity index (χ0n) is 14.2. The van der Waals surface area contributed by atoms with Gasteiger partial charge in [0.2, 0.25) is 12.7 Å². The molecule has 2 aromatic rings. The first-order valence-corrected chi connectivity index (χ1v) is 7.99. The van der Waals surface area contributed by atoms with Crippen LogP contribution in [0.5, 0.6) is 11.5 Å². The fourth-order valence-corrected chi connectivity index (χ4v) is 2.67. The van der Waals surface area contributed by atoms with Gasteiger partial charge in [-0.15, -0.1) is 0 Å². The standard InChI is InChI=1S/C19H20N2O4/c1-13(22)15-4-3-5-16(9-15)20-19(23)11-21(2)10-14-6-7-17-18(8-14)25-12-24-17/h3-9H,10-12H2,1-2H3,(H,20,23). The minimum atomic E-state index is -0.135. The van der Waals surface area contributed by atoms with Crippen LogP contribution in [0.1, 0.15) is 22.8 Å². The summed E-state index contributed by atoms with van der Waals surface area (Å²) >= 11 is 0. The molecule has 0 aliphatic carbocycles. The number of ketones is 1. The van der Waals surface area contributed by atoms with E-state index in [9.17, 15) is 9.59 Å². The lowest BCUT2D eigenvalue weighted by molar-refractivity contribution is -0.117. The molecule has 0 spiro atoms. The number of nitrogens with one attached hydrogen (secondary N) is 1. The molecule has 130 valence electrons. The average molecular weight is 340 g/mol. The number of carbonyl (C=O) groups is 2. The summed E-state index contributed by atoms with van der Waals surface area (Å²) in [5.41, 5.74) is 2.24. The Hall–Kier alpha value is -2.86. The van der Waals surface area contributed by atoms with Gasteiger partial charge in [0.15, 0.2) is 17.3 Å². The minimum absolute atomic E-state index is 0.0315. The van der Waals surface area contributed by atoms with Crippen LogP contribution < -0.4 is 14.8 Å². The molecule has 2 aromatic carbocycles. The number of likely N-dealkylation sites (N-methyl/N-ethyl adjacent to an activating group) is 1. The molecular weight excluding hydrogens is 320 g/mol. The van der Waals surface area contributed by atoms with E-state index in [1.54, 1.807) is 24.3 Å². The fraction of sp³-hybridized carbons (Fsp3) is 0.263. The summed E-state index contributed by atoms with van der Waals surface area (Å²) in [7, 11) is 1.87. The minimum Gasteiger partial charge on any atom is -0.454 e. The Bertz CT molecular complexity index is 804. The number of hydrogen-bond acceptors (Lipinski definition) is 5. The predicted octanol–water partition coefficient (Wildman–Crippen LogP) is 2.69. The van der Waals surface area contributed by atoms with E-state index in [-0.39, 0.29) is 25.0 Å². The molecule has 1 aliphatic heterocycles. The molecule has 1 aliphatic rings. The Balaban J connectivity index is 1.55. The highest BCUT2D eigenvalue weighted by Crippen LogP contribution is 2.32. The summed E-state index contributed by atoms with van der Waals surface area (Å²) in [5, 5.41) is 2.82. The highest BCUT2D eigenvalue weighted by Gasteiger charge is 2.14. The van der Waals surface area contributed by atoms with E-state index in [1.807, 2.05) is 30.1 Å². The highest BCUT2D eigenvalue weighted by atomic mass is 16.7. The van der Waals surface area contributed by atoms with Crippen LogP contribution in [0.15, 0.2) is 42.5 Å². The first kappa shape index (κ1) is 17.0. The molecular formula is C19H20N2O4. The first-order valence-electron chi connectivity index (χ1n) is 7.99. The van der Waals surface area contributed by atoms with Gasteiger partial charge in [-0.2, -0.15) is 0 Å². The maximum Gasteiger partial charge on any atom is 0.238 e. The Labute approximate surface area is 146 Å². The second kappa shape index (κ2) is 7.36. The summed E-state index contributed by atoms with van der Waals surface area (Å²) in [6.07, 6.45) is 0. The van der Waals surface area contributed by atoms with Crippen LogP contribution in [0.25, 0.3) is 0 Å². The topological polar surface area (TPSA) is 67.9 Å². The third kappa shape index (κ3) is 4.36. The quantitative estimate of drug-likeness (QED) is 0.819. The molecule has 25 heavy (non-hydrogen) atoms. The van der Waals surface area contributed by atoms with Crippen molar-refractivity contribution in [3.8, 4) is 11.5 Å². The fourth-order valence-electron chi connectivity index (χ4n) is 2.67. The number of anilines is 1. The van der Waals surface area contributed by atoms with Crippen LogP contribution in [0.2, 0.25) is 0 Å². The number of carbonyl (C=O) groups excluding carboxylic acids is 2. The number of benzene rings is 2. The van der Waals surface area contributed by atoms with Crippen molar-refractivity contribution in [1.82, 2.24) is 4.90 Å². The second-order valence-electron chi connectivity index (χ2n) is 6.05. The van der Waals surface area contributed by atoms with Crippen LogP contribution in [0.4, 0.5) is 5.69 Å². The van der Waals surface area contributed by atoms with E-state index in [1.165, 1.54) is 6.92 Å². The van der Waals surface area contributed by atoms with E-state index in [0.717, 1.165) is 17.1 Å². The van der Waals surface area contributed by atoms with Gasteiger partial charge in [-0.1, -0.05) is 18.2 Å². The molecule has 0 unspecified atom stereocenters. The van der Waals surface area contributed by atoms with Gasteiger partial charge in [-0.3, -0.25) is 14.5 Å². The van der Waals surface area contributed by atoms with Crippen molar-refractivity contribution in [1.29, 1.82) is 0 Å². The summed E-state index contributed by atoms with van der Waals surface area (Å²) in [6, 6.07) is 12.7. The third-order valence-electron chi connectivity index (χ3n) is 3.86. The van der Waals surface area contributed by atoms with Crippen LogP contribution in [0, 0.1) is 0 Å². The van der Waals surface area contributed by atoms with Gasteiger partial charge >= 0.3 is 0 Å². The van der Waals surface area contributed by atoms with E-state index in [4.69, 9.17) is 9.47 Å². The SMILES string of the molecule is CC(=O)c1cccc(NC(=O)CN(C)Cc2ccc3c(c2)OCO3)c1. The van der Waals surface area contributed by atoms with Crippen molar-refractivity contribution < 1.29 is 19.1 Å². The zero-order valence-corrected chi connectivity index (χ0v) is 14.2. The molecule has 1 amide bonds. The number of fused-ring (bicyclic) bond motifs is 1. The molecule has 6 heteroatoms. The summed E-state index contributed by atoms with van der Waals surface area (Å²) in [6.45, 7) is 2.59. The number of nitrogens with zero attached hydrogens (tertiary/aromatic N) is 1. The highest BCUT2D eigenvalue weighted by molar-refractivity contribution is 5.97. The molecule has 1 N–H and O–H groups in total. The van der Waals surface area contributed by atoms with Crippen molar-refractivity contribution >= 4 is 17.4 Å². The maximum atomic E-state index is 12.2. The van der Waals surface area contributed by atoms with Crippen LogP contribution in [-0.4, -0.2) is 37.0 Å². The molecule has 6 nitrogen and oxygen atoms in total. The number of hydrogen-bond donors (Lipinski definition) is 1. The lowest BCUT2D eigenvalue weighted by Crippen LogP contribution is -2.29. The van der Waals surface area contributed by atoms with Crippen molar-refractivity contribution in [2.75, 3.05) is 25.7 Å². The Kier molecular flexibility index (Phi) is 5.00. The molecule has 1 heterocycles. The Morgan fingerprint density at radius 2 is 1.92 bits per heavy atom. The molecule has 0 saturated heterocycles. The lowest BCUT2D eigenvalue weighted by Gasteiger charge is -2.16. The lowest BCUT2D eigenvalue weighted by atomic mass is 10.1. The van der Waals surface area contributed by atoms with Gasteiger partial charge in [0.1, 0.15) is 0 Å². The molecule has 0 fully saturated rings. The van der Waals surface area contributed by atoms with Crippen molar-refractivity contribution in [3.63, 3.8) is 0 Å². The van der Waals surface area contributed by atoms with Crippen molar-refractivity contribution in [2.24, 2.45) is 0 Å². The van der Waals surface area contributed by atoms with Crippen molar-refractivity contribution in [3.05, 3.63) is 53.6 Å². The van der Waals surface area contributed by atoms with Gasteiger partial charge in [0.25, 0.3) is 0 Å². The average Bonchev–Trinajstić information content (AvgIpc) is 3.02.